The van der Waals surface area contributed by atoms with E-state index in [0.717, 1.165) is 16.9 Å². The number of aliphatic hydroxyl groups excluding tert-OH is 1. The fourth-order valence-corrected chi connectivity index (χ4v) is 2.90. The SMILES string of the molecule is COc1ccc(Nc2cc(-c3ccncc3)nc(N[C@H](CO)C(C)C)n2)cc1OC. The van der Waals surface area contributed by atoms with Gasteiger partial charge in [-0.1, -0.05) is 13.8 Å². The molecular weight excluding hydrogens is 382 g/mol. The van der Waals surface area contributed by atoms with Crippen molar-refractivity contribution in [1.29, 1.82) is 0 Å². The van der Waals surface area contributed by atoms with Crippen LogP contribution in [0.3, 0.4) is 0 Å². The van der Waals surface area contributed by atoms with Crippen LogP contribution in [0.1, 0.15) is 13.8 Å². The van der Waals surface area contributed by atoms with E-state index in [-0.39, 0.29) is 18.6 Å². The molecule has 0 amide bonds. The molecule has 3 aromatic rings. The van der Waals surface area contributed by atoms with Crippen molar-refractivity contribution in [2.24, 2.45) is 5.92 Å². The van der Waals surface area contributed by atoms with E-state index < -0.39 is 0 Å². The predicted octanol–water partition coefficient (Wildman–Crippen LogP) is 3.73. The second kappa shape index (κ2) is 9.89. The molecule has 0 unspecified atom stereocenters. The maximum atomic E-state index is 9.69. The van der Waals surface area contributed by atoms with Gasteiger partial charge in [0, 0.05) is 35.8 Å². The largest absolute Gasteiger partial charge is 0.493 e. The molecule has 30 heavy (non-hydrogen) atoms. The standard InChI is InChI=1S/C22H27N5O3/c1-14(2)18(13-28)26-22-25-17(15-7-9-23-10-8-15)12-21(27-22)24-16-5-6-19(29-3)20(11-16)30-4/h5-12,14,18,28H,13H2,1-4H3,(H2,24,25,26,27)/t18-/m1/s1. The van der Waals surface area contributed by atoms with Crippen LogP contribution >= 0.6 is 0 Å². The van der Waals surface area contributed by atoms with Crippen molar-refractivity contribution >= 4 is 17.5 Å². The van der Waals surface area contributed by atoms with Gasteiger partial charge in [0.2, 0.25) is 5.95 Å². The van der Waals surface area contributed by atoms with Crippen LogP contribution in [0, 0.1) is 5.92 Å². The minimum absolute atomic E-state index is 0.0149. The van der Waals surface area contributed by atoms with Gasteiger partial charge in [0.05, 0.1) is 32.6 Å². The van der Waals surface area contributed by atoms with Crippen LogP contribution in [0.25, 0.3) is 11.3 Å². The molecule has 0 aliphatic carbocycles. The van der Waals surface area contributed by atoms with Gasteiger partial charge in [0.25, 0.3) is 0 Å². The minimum atomic E-state index is -0.161. The lowest BCUT2D eigenvalue weighted by Gasteiger charge is -2.21. The molecule has 0 bridgehead atoms. The number of aromatic nitrogens is 3. The van der Waals surface area contributed by atoms with Crippen molar-refractivity contribution in [3.63, 3.8) is 0 Å². The molecule has 8 heteroatoms. The molecule has 3 N–H and O–H groups in total. The normalized spacial score (nSPS) is 11.8. The summed E-state index contributed by atoms with van der Waals surface area (Å²) in [6.45, 7) is 4.05. The quantitative estimate of drug-likeness (QED) is 0.491. The zero-order chi connectivity index (χ0) is 21.5. The number of hydrogen-bond donors (Lipinski definition) is 3. The molecule has 0 spiro atoms. The molecule has 1 aromatic carbocycles. The van der Waals surface area contributed by atoms with Gasteiger partial charge in [0.15, 0.2) is 11.5 Å². The van der Waals surface area contributed by atoms with Crippen LogP contribution in [0.5, 0.6) is 11.5 Å². The first-order valence-electron chi connectivity index (χ1n) is 9.70. The summed E-state index contributed by atoms with van der Waals surface area (Å²) in [6, 6.07) is 11.0. The summed E-state index contributed by atoms with van der Waals surface area (Å²) in [4.78, 5) is 13.3. The number of benzene rings is 1. The molecule has 158 valence electrons. The van der Waals surface area contributed by atoms with Gasteiger partial charge in [0.1, 0.15) is 5.82 Å². The average molecular weight is 409 g/mol. The highest BCUT2D eigenvalue weighted by atomic mass is 16.5. The second-order valence-corrected chi connectivity index (χ2v) is 7.07. The van der Waals surface area contributed by atoms with Gasteiger partial charge in [-0.05, 0) is 30.2 Å². The number of nitrogens with zero attached hydrogens (tertiary/aromatic N) is 3. The summed E-state index contributed by atoms with van der Waals surface area (Å²) in [5, 5.41) is 16.2. The molecule has 3 rings (SSSR count). The summed E-state index contributed by atoms with van der Waals surface area (Å²) in [6.07, 6.45) is 3.44. The molecule has 0 saturated carbocycles. The Hall–Kier alpha value is -3.39. The van der Waals surface area contributed by atoms with Crippen LogP contribution in [-0.4, -0.2) is 46.9 Å². The fraction of sp³-hybridized carbons (Fsp3) is 0.318. The molecule has 0 aliphatic heterocycles. The first-order valence-corrected chi connectivity index (χ1v) is 9.70. The Bertz CT molecular complexity index is 966. The summed E-state index contributed by atoms with van der Waals surface area (Å²) in [5.41, 5.74) is 2.44. The smallest absolute Gasteiger partial charge is 0.225 e. The van der Waals surface area contributed by atoms with Crippen molar-refractivity contribution in [3.8, 4) is 22.8 Å². The van der Waals surface area contributed by atoms with Crippen LogP contribution in [0.15, 0.2) is 48.8 Å². The Kier molecular flexibility index (Phi) is 7.03. The zero-order valence-corrected chi connectivity index (χ0v) is 17.6. The predicted molar refractivity (Wildman–Crippen MR) is 117 cm³/mol. The number of anilines is 3. The van der Waals surface area contributed by atoms with Gasteiger partial charge in [-0.25, -0.2) is 4.98 Å². The van der Waals surface area contributed by atoms with Crippen LogP contribution < -0.4 is 20.1 Å². The highest BCUT2D eigenvalue weighted by Gasteiger charge is 2.15. The van der Waals surface area contributed by atoms with Gasteiger partial charge in [-0.3, -0.25) is 4.98 Å². The van der Waals surface area contributed by atoms with E-state index in [1.165, 1.54) is 0 Å². The number of ether oxygens (including phenoxy) is 2. The maximum absolute atomic E-state index is 9.69. The molecule has 0 saturated heterocycles. The van der Waals surface area contributed by atoms with E-state index in [9.17, 15) is 5.11 Å². The zero-order valence-electron chi connectivity index (χ0n) is 17.6. The average Bonchev–Trinajstić information content (AvgIpc) is 2.77. The highest BCUT2D eigenvalue weighted by Crippen LogP contribution is 2.31. The summed E-state index contributed by atoms with van der Waals surface area (Å²) < 4.78 is 10.7. The number of nitrogens with one attached hydrogen (secondary N) is 2. The molecule has 2 heterocycles. The Labute approximate surface area is 176 Å². The van der Waals surface area contributed by atoms with E-state index >= 15 is 0 Å². The third-order valence-corrected chi connectivity index (χ3v) is 4.67. The number of methoxy groups -OCH3 is 2. The van der Waals surface area contributed by atoms with Crippen molar-refractivity contribution in [3.05, 3.63) is 48.8 Å². The van der Waals surface area contributed by atoms with E-state index in [2.05, 4.69) is 25.6 Å². The second-order valence-electron chi connectivity index (χ2n) is 7.07. The van der Waals surface area contributed by atoms with E-state index in [4.69, 9.17) is 9.47 Å². The Morgan fingerprint density at radius 2 is 1.70 bits per heavy atom. The number of pyridine rings is 1. The van der Waals surface area contributed by atoms with Crippen LogP contribution in [0.4, 0.5) is 17.5 Å². The van der Waals surface area contributed by atoms with Crippen molar-refractivity contribution in [2.45, 2.75) is 19.9 Å². The minimum Gasteiger partial charge on any atom is -0.493 e. The molecule has 0 radical (unpaired) electrons. The first kappa shape index (κ1) is 21.3. The van der Waals surface area contributed by atoms with Crippen LogP contribution in [-0.2, 0) is 0 Å². The van der Waals surface area contributed by atoms with E-state index in [1.54, 1.807) is 26.6 Å². The Balaban J connectivity index is 1.97. The molecule has 0 fully saturated rings. The third-order valence-electron chi connectivity index (χ3n) is 4.67. The van der Waals surface area contributed by atoms with Crippen molar-refractivity contribution in [1.82, 2.24) is 15.0 Å². The molecule has 1 atom stereocenters. The van der Waals surface area contributed by atoms with Gasteiger partial charge in [-0.2, -0.15) is 4.98 Å². The molecule has 0 aliphatic rings. The van der Waals surface area contributed by atoms with Crippen molar-refractivity contribution < 1.29 is 14.6 Å². The van der Waals surface area contributed by atoms with Crippen molar-refractivity contribution in [2.75, 3.05) is 31.5 Å². The Morgan fingerprint density at radius 3 is 2.33 bits per heavy atom. The lowest BCUT2D eigenvalue weighted by Crippen LogP contribution is -2.30. The van der Waals surface area contributed by atoms with Crippen LogP contribution in [0.2, 0.25) is 0 Å². The van der Waals surface area contributed by atoms with Gasteiger partial charge in [-0.15, -0.1) is 0 Å². The number of aliphatic hydroxyl groups is 1. The molecule has 2 aromatic heterocycles. The Morgan fingerprint density at radius 1 is 0.967 bits per heavy atom. The summed E-state index contributed by atoms with van der Waals surface area (Å²) >= 11 is 0. The fourth-order valence-electron chi connectivity index (χ4n) is 2.90. The van der Waals surface area contributed by atoms with Gasteiger partial charge >= 0.3 is 0 Å². The number of hydrogen-bond acceptors (Lipinski definition) is 8. The topological polar surface area (TPSA) is 101 Å². The number of rotatable bonds is 9. The third kappa shape index (κ3) is 5.15. The molecule has 8 nitrogen and oxygen atoms in total. The lowest BCUT2D eigenvalue weighted by atomic mass is 10.1. The summed E-state index contributed by atoms with van der Waals surface area (Å²) in [7, 11) is 3.19. The van der Waals surface area contributed by atoms with E-state index in [0.29, 0.717) is 23.3 Å². The lowest BCUT2D eigenvalue weighted by molar-refractivity contribution is 0.248. The highest BCUT2D eigenvalue weighted by molar-refractivity contribution is 5.68. The monoisotopic (exact) mass is 409 g/mol. The van der Waals surface area contributed by atoms with Gasteiger partial charge < -0.3 is 25.2 Å². The summed E-state index contributed by atoms with van der Waals surface area (Å²) in [5.74, 6) is 2.51. The first-order chi connectivity index (χ1) is 14.5. The van der Waals surface area contributed by atoms with E-state index in [1.807, 2.05) is 50.2 Å². The maximum Gasteiger partial charge on any atom is 0.225 e. The molecular formula is C22H27N5O3.